The fraction of sp³-hybridized carbons (Fsp3) is 0.240. The summed E-state index contributed by atoms with van der Waals surface area (Å²) in [4.78, 5) is 12.7. The lowest BCUT2D eigenvalue weighted by Crippen LogP contribution is -2.41. The molecule has 0 fully saturated rings. The molecule has 1 N–H and O–H groups in total. The molecule has 0 heterocycles. The molecule has 0 bridgehead atoms. The Morgan fingerprint density at radius 2 is 1.64 bits per heavy atom. The summed E-state index contributed by atoms with van der Waals surface area (Å²) in [7, 11) is -3.91. The number of hydrogen-bond donors (Lipinski definition) is 1. The third kappa shape index (κ3) is 7.07. The second-order valence-corrected chi connectivity index (χ2v) is 10.5. The topological polar surface area (TPSA) is 66.5 Å². The molecule has 0 atom stereocenters. The number of aryl methyl sites for hydroxylation is 1. The highest BCUT2D eigenvalue weighted by Crippen LogP contribution is 2.23. The van der Waals surface area contributed by atoms with Crippen LogP contribution in [-0.2, 0) is 20.6 Å². The largest absolute Gasteiger partial charge is 0.354 e. The molecule has 0 aliphatic rings. The molecule has 1 amide bonds. The highest BCUT2D eigenvalue weighted by atomic mass is 32.2. The number of carbonyl (C=O) groups excluding carboxylic acids is 1. The number of nitrogens with one attached hydrogen (secondary N) is 1. The van der Waals surface area contributed by atoms with Gasteiger partial charge in [-0.05, 0) is 55.0 Å². The van der Waals surface area contributed by atoms with Gasteiger partial charge < -0.3 is 5.32 Å². The number of nitrogens with zero attached hydrogens (tertiary/aromatic N) is 1. The van der Waals surface area contributed by atoms with E-state index in [1.54, 1.807) is 78.5 Å². The molecule has 0 unspecified atom stereocenters. The summed E-state index contributed by atoms with van der Waals surface area (Å²) in [5.41, 5.74) is 2.03. The van der Waals surface area contributed by atoms with Crippen molar-refractivity contribution in [2.75, 3.05) is 23.1 Å². The fourth-order valence-corrected chi connectivity index (χ4v) is 5.50. The zero-order chi connectivity index (χ0) is 23.7. The number of rotatable bonds is 11. The Morgan fingerprint density at radius 3 is 2.33 bits per heavy atom. The molecule has 8 heteroatoms. The molecule has 33 heavy (non-hydrogen) atoms. The Hall–Kier alpha value is -2.84. The van der Waals surface area contributed by atoms with E-state index in [0.717, 1.165) is 15.6 Å². The van der Waals surface area contributed by atoms with E-state index in [1.165, 1.54) is 6.07 Å². The van der Waals surface area contributed by atoms with E-state index in [1.807, 2.05) is 13.0 Å². The van der Waals surface area contributed by atoms with Gasteiger partial charge in [-0.15, -0.1) is 0 Å². The maximum atomic E-state index is 13.6. The predicted molar refractivity (Wildman–Crippen MR) is 132 cm³/mol. The normalized spacial score (nSPS) is 11.2. The van der Waals surface area contributed by atoms with Gasteiger partial charge in [0, 0.05) is 12.3 Å². The molecular formula is C25H27FN2O3S2. The van der Waals surface area contributed by atoms with E-state index in [9.17, 15) is 17.6 Å². The van der Waals surface area contributed by atoms with Crippen molar-refractivity contribution >= 4 is 33.4 Å². The fourth-order valence-electron chi connectivity index (χ4n) is 3.13. The van der Waals surface area contributed by atoms with Gasteiger partial charge in [0.2, 0.25) is 5.91 Å². The highest BCUT2D eigenvalue weighted by Gasteiger charge is 2.26. The maximum Gasteiger partial charge on any atom is 0.264 e. The Morgan fingerprint density at radius 1 is 0.970 bits per heavy atom. The third-order valence-electron chi connectivity index (χ3n) is 4.94. The van der Waals surface area contributed by atoms with Crippen LogP contribution in [0.15, 0.2) is 83.8 Å². The number of benzene rings is 3. The van der Waals surface area contributed by atoms with Gasteiger partial charge in [-0.3, -0.25) is 9.10 Å². The molecule has 0 aromatic heterocycles. The molecule has 3 aromatic rings. The van der Waals surface area contributed by atoms with E-state index in [-0.39, 0.29) is 23.2 Å². The van der Waals surface area contributed by atoms with Crippen molar-refractivity contribution in [1.29, 1.82) is 0 Å². The second-order valence-electron chi connectivity index (χ2n) is 7.51. The Bertz CT molecular complexity index is 1150. The molecule has 3 aromatic carbocycles. The summed E-state index contributed by atoms with van der Waals surface area (Å²) in [6, 6.07) is 21.8. The number of sulfonamides is 1. The first-order chi connectivity index (χ1) is 15.9. The van der Waals surface area contributed by atoms with Crippen molar-refractivity contribution < 1.29 is 17.6 Å². The average molecular weight is 487 g/mol. The van der Waals surface area contributed by atoms with Gasteiger partial charge in [0.25, 0.3) is 10.0 Å². The minimum atomic E-state index is -3.91. The zero-order valence-corrected chi connectivity index (χ0v) is 20.0. The molecule has 0 spiro atoms. The molecule has 5 nitrogen and oxygen atoms in total. The summed E-state index contributed by atoms with van der Waals surface area (Å²) in [5.74, 6) is 0.721. The molecule has 0 aliphatic carbocycles. The summed E-state index contributed by atoms with van der Waals surface area (Å²) < 4.78 is 41.3. The first kappa shape index (κ1) is 24.8. The second kappa shape index (κ2) is 11.9. The number of thioether (sulfide) groups is 1. The first-order valence-electron chi connectivity index (χ1n) is 10.6. The maximum absolute atomic E-state index is 13.6. The standard InChI is InChI=1S/C25H27FN2O3S2/c1-20-12-14-23(15-13-20)33(30,31)28(22-9-3-2-4-10-22)18-25(29)27-16-7-17-32-19-21-8-5-6-11-24(21)26/h2-6,8-15H,7,16-19H2,1H3,(H,27,29). The van der Waals surface area contributed by atoms with Crippen LogP contribution in [0.25, 0.3) is 0 Å². The molecule has 0 aliphatic heterocycles. The lowest BCUT2D eigenvalue weighted by atomic mass is 10.2. The lowest BCUT2D eigenvalue weighted by Gasteiger charge is -2.24. The molecule has 0 saturated heterocycles. The van der Waals surface area contributed by atoms with Crippen LogP contribution < -0.4 is 9.62 Å². The van der Waals surface area contributed by atoms with Crippen LogP contribution in [0.1, 0.15) is 17.5 Å². The monoisotopic (exact) mass is 486 g/mol. The quantitative estimate of drug-likeness (QED) is 0.397. The number of anilines is 1. The summed E-state index contributed by atoms with van der Waals surface area (Å²) in [6.45, 7) is 1.98. The van der Waals surface area contributed by atoms with Crippen molar-refractivity contribution in [3.05, 3.63) is 95.8 Å². The number of halogens is 1. The van der Waals surface area contributed by atoms with Crippen LogP contribution in [0, 0.1) is 12.7 Å². The number of para-hydroxylation sites is 1. The zero-order valence-electron chi connectivity index (χ0n) is 18.4. The SMILES string of the molecule is Cc1ccc(S(=O)(=O)N(CC(=O)NCCCSCc2ccccc2F)c2ccccc2)cc1. The van der Waals surface area contributed by atoms with Crippen LogP contribution in [0.5, 0.6) is 0 Å². The van der Waals surface area contributed by atoms with Gasteiger partial charge in [0.15, 0.2) is 0 Å². The van der Waals surface area contributed by atoms with Crippen molar-refractivity contribution in [2.24, 2.45) is 0 Å². The van der Waals surface area contributed by atoms with Crippen LogP contribution in [0.4, 0.5) is 10.1 Å². The summed E-state index contributed by atoms with van der Waals surface area (Å²) in [5, 5.41) is 2.79. The lowest BCUT2D eigenvalue weighted by molar-refractivity contribution is -0.119. The van der Waals surface area contributed by atoms with Gasteiger partial charge in [-0.1, -0.05) is 54.1 Å². The third-order valence-corrected chi connectivity index (χ3v) is 7.82. The average Bonchev–Trinajstić information content (AvgIpc) is 2.81. The molecule has 174 valence electrons. The van der Waals surface area contributed by atoms with E-state index in [0.29, 0.717) is 30.0 Å². The minimum absolute atomic E-state index is 0.134. The first-order valence-corrected chi connectivity index (χ1v) is 13.2. The van der Waals surface area contributed by atoms with Gasteiger partial charge >= 0.3 is 0 Å². The van der Waals surface area contributed by atoms with E-state index >= 15 is 0 Å². The Balaban J connectivity index is 1.56. The number of amides is 1. The van der Waals surface area contributed by atoms with Crippen molar-refractivity contribution in [3.8, 4) is 0 Å². The van der Waals surface area contributed by atoms with Crippen LogP contribution in [0.2, 0.25) is 0 Å². The van der Waals surface area contributed by atoms with Crippen molar-refractivity contribution in [1.82, 2.24) is 5.32 Å². The van der Waals surface area contributed by atoms with E-state index < -0.39 is 10.0 Å². The van der Waals surface area contributed by atoms with Gasteiger partial charge in [0.05, 0.1) is 10.6 Å². The van der Waals surface area contributed by atoms with Gasteiger partial charge in [-0.25, -0.2) is 12.8 Å². The Labute approximate surface area is 199 Å². The van der Waals surface area contributed by atoms with Gasteiger partial charge in [0.1, 0.15) is 12.4 Å². The van der Waals surface area contributed by atoms with Crippen molar-refractivity contribution in [3.63, 3.8) is 0 Å². The molecule has 0 radical (unpaired) electrons. The van der Waals surface area contributed by atoms with Crippen molar-refractivity contribution in [2.45, 2.75) is 24.0 Å². The summed E-state index contributed by atoms with van der Waals surface area (Å²) in [6.07, 6.45) is 0.695. The van der Waals surface area contributed by atoms with Crippen LogP contribution in [-0.4, -0.2) is 33.2 Å². The van der Waals surface area contributed by atoms with Gasteiger partial charge in [-0.2, -0.15) is 11.8 Å². The van der Waals surface area contributed by atoms with Crippen LogP contribution in [0.3, 0.4) is 0 Å². The minimum Gasteiger partial charge on any atom is -0.354 e. The number of hydrogen-bond acceptors (Lipinski definition) is 4. The summed E-state index contributed by atoms with van der Waals surface area (Å²) >= 11 is 1.59. The highest BCUT2D eigenvalue weighted by molar-refractivity contribution is 7.98. The van der Waals surface area contributed by atoms with E-state index in [2.05, 4.69) is 5.32 Å². The molecule has 3 rings (SSSR count). The Kier molecular flexibility index (Phi) is 8.91. The van der Waals surface area contributed by atoms with Crippen LogP contribution >= 0.6 is 11.8 Å². The number of carbonyl (C=O) groups is 1. The van der Waals surface area contributed by atoms with E-state index in [4.69, 9.17) is 0 Å². The molecule has 0 saturated carbocycles. The smallest absolute Gasteiger partial charge is 0.264 e. The molecular weight excluding hydrogens is 459 g/mol. The predicted octanol–water partition coefficient (Wildman–Crippen LogP) is 4.77.